The number of benzene rings is 1. The largest absolute Gasteiger partial charge is 0.369 e. The molecule has 6 heteroatoms. The molecule has 0 bridgehead atoms. The average Bonchev–Trinajstić information content (AvgIpc) is 3.28. The van der Waals surface area contributed by atoms with E-state index in [9.17, 15) is 9.59 Å². The van der Waals surface area contributed by atoms with Crippen molar-refractivity contribution in [3.8, 4) is 0 Å². The molecule has 0 radical (unpaired) electrons. The quantitative estimate of drug-likeness (QED) is 0.880. The monoisotopic (exact) mass is 354 g/mol. The highest BCUT2D eigenvalue weighted by molar-refractivity contribution is 5.98. The van der Waals surface area contributed by atoms with Gasteiger partial charge in [-0.1, -0.05) is 0 Å². The lowest BCUT2D eigenvalue weighted by atomic mass is 9.78. The van der Waals surface area contributed by atoms with Crippen LogP contribution in [0.2, 0.25) is 0 Å². The minimum atomic E-state index is -0.273. The van der Waals surface area contributed by atoms with Crippen molar-refractivity contribution in [2.24, 2.45) is 23.5 Å². The van der Waals surface area contributed by atoms with Gasteiger partial charge in [0.1, 0.15) is 0 Å². The number of hydrogen-bond donors (Lipinski definition) is 2. The number of H-pyrrole nitrogens is 1. The lowest BCUT2D eigenvalue weighted by molar-refractivity contribution is -0.123. The number of carbonyl (C=O) groups excluding carboxylic acids is 2. The van der Waals surface area contributed by atoms with Crippen LogP contribution >= 0.6 is 0 Å². The summed E-state index contributed by atoms with van der Waals surface area (Å²) in [5, 5.41) is 1.02. The molecule has 1 aromatic heterocycles. The number of primary amides is 1. The highest BCUT2D eigenvalue weighted by atomic mass is 16.2. The van der Waals surface area contributed by atoms with Crippen molar-refractivity contribution in [3.63, 3.8) is 0 Å². The Bertz CT molecular complexity index is 822. The smallest absolute Gasteiger partial charge is 0.253 e. The van der Waals surface area contributed by atoms with Crippen molar-refractivity contribution < 1.29 is 9.59 Å². The Hall–Kier alpha value is -2.34. The number of hydrogen-bond acceptors (Lipinski definition) is 3. The summed E-state index contributed by atoms with van der Waals surface area (Å²) in [6, 6.07) is 7.65. The van der Waals surface area contributed by atoms with Crippen LogP contribution in [0.5, 0.6) is 0 Å². The number of rotatable bonds is 3. The number of fused-ring (bicyclic) bond motifs is 1. The maximum Gasteiger partial charge on any atom is 0.253 e. The van der Waals surface area contributed by atoms with Crippen LogP contribution in [0.4, 0.5) is 0 Å². The third-order valence-corrected chi connectivity index (χ3v) is 6.19. The van der Waals surface area contributed by atoms with E-state index in [0.717, 1.165) is 36.8 Å². The van der Waals surface area contributed by atoms with E-state index >= 15 is 0 Å². The molecule has 26 heavy (non-hydrogen) atoms. The highest BCUT2D eigenvalue weighted by Gasteiger charge is 2.43. The topological polar surface area (TPSA) is 82.4 Å². The zero-order chi connectivity index (χ0) is 18.3. The van der Waals surface area contributed by atoms with E-state index in [0.29, 0.717) is 24.6 Å². The summed E-state index contributed by atoms with van der Waals surface area (Å²) in [5.74, 6) is 0.137. The number of carbonyl (C=O) groups is 2. The third kappa shape index (κ3) is 3.09. The van der Waals surface area contributed by atoms with Gasteiger partial charge < -0.3 is 20.5 Å². The molecule has 2 aliphatic rings. The maximum absolute atomic E-state index is 13.0. The van der Waals surface area contributed by atoms with Crippen LogP contribution in [0.1, 0.15) is 23.2 Å². The summed E-state index contributed by atoms with van der Waals surface area (Å²) < 4.78 is 0. The second-order valence-corrected chi connectivity index (χ2v) is 7.80. The number of aromatic amines is 1. The van der Waals surface area contributed by atoms with Gasteiger partial charge in [0, 0.05) is 35.8 Å². The van der Waals surface area contributed by atoms with Gasteiger partial charge in [-0.25, -0.2) is 0 Å². The van der Waals surface area contributed by atoms with Gasteiger partial charge in [0.15, 0.2) is 0 Å². The molecule has 3 heterocycles. The van der Waals surface area contributed by atoms with Crippen molar-refractivity contribution in [1.29, 1.82) is 0 Å². The van der Waals surface area contributed by atoms with Crippen LogP contribution in [0, 0.1) is 17.8 Å². The Balaban J connectivity index is 1.53. The predicted molar refractivity (Wildman–Crippen MR) is 101 cm³/mol. The fourth-order valence-electron chi connectivity index (χ4n) is 4.60. The fourth-order valence-corrected chi connectivity index (χ4v) is 4.60. The summed E-state index contributed by atoms with van der Waals surface area (Å²) in [6.07, 6.45) is 4.01. The zero-order valence-corrected chi connectivity index (χ0v) is 15.1. The van der Waals surface area contributed by atoms with Crippen LogP contribution in [-0.2, 0) is 4.79 Å². The minimum absolute atomic E-state index is 0.00484. The Labute approximate surface area is 153 Å². The normalized spacial score (nSPS) is 25.0. The van der Waals surface area contributed by atoms with E-state index in [1.54, 1.807) is 0 Å². The van der Waals surface area contributed by atoms with E-state index < -0.39 is 0 Å². The predicted octanol–water partition coefficient (Wildman–Crippen LogP) is 1.68. The molecule has 2 atom stereocenters. The molecule has 0 aliphatic carbocycles. The van der Waals surface area contributed by atoms with Crippen molar-refractivity contribution in [1.82, 2.24) is 14.8 Å². The maximum atomic E-state index is 13.0. The van der Waals surface area contributed by atoms with E-state index in [1.807, 2.05) is 35.4 Å². The summed E-state index contributed by atoms with van der Waals surface area (Å²) in [7, 11) is 2.13. The Morgan fingerprint density at radius 3 is 2.65 bits per heavy atom. The molecule has 2 aromatic rings. The molecule has 2 saturated heterocycles. The lowest BCUT2D eigenvalue weighted by Crippen LogP contribution is -2.38. The Kier molecular flexibility index (Phi) is 4.44. The molecule has 0 saturated carbocycles. The van der Waals surface area contributed by atoms with Crippen molar-refractivity contribution in [2.45, 2.75) is 12.8 Å². The molecule has 0 spiro atoms. The first-order valence-corrected chi connectivity index (χ1v) is 9.37. The number of nitrogens with one attached hydrogen (secondary N) is 1. The number of aromatic nitrogens is 1. The second-order valence-electron chi connectivity index (χ2n) is 7.80. The molecule has 3 N–H and O–H groups in total. The van der Waals surface area contributed by atoms with Gasteiger partial charge in [0.2, 0.25) is 5.91 Å². The van der Waals surface area contributed by atoms with Gasteiger partial charge in [-0.3, -0.25) is 9.59 Å². The minimum Gasteiger partial charge on any atom is -0.369 e. The van der Waals surface area contributed by atoms with E-state index in [1.165, 1.54) is 0 Å². The van der Waals surface area contributed by atoms with Crippen LogP contribution in [0.3, 0.4) is 0 Å². The SMILES string of the molecule is CN1CCC(C2CN(C(=O)c3ccc4[nH]ccc4c3)CC2C(N)=O)CC1. The molecule has 6 nitrogen and oxygen atoms in total. The molecule has 1 aromatic carbocycles. The summed E-state index contributed by atoms with van der Waals surface area (Å²) in [5.41, 5.74) is 7.38. The van der Waals surface area contributed by atoms with Crippen LogP contribution in [0.15, 0.2) is 30.5 Å². The van der Waals surface area contributed by atoms with Crippen molar-refractivity contribution in [2.75, 3.05) is 33.2 Å². The van der Waals surface area contributed by atoms with Crippen LogP contribution < -0.4 is 5.73 Å². The molecule has 2 unspecified atom stereocenters. The van der Waals surface area contributed by atoms with E-state index in [4.69, 9.17) is 5.73 Å². The Morgan fingerprint density at radius 2 is 1.92 bits per heavy atom. The average molecular weight is 354 g/mol. The molecule has 2 amide bonds. The summed E-state index contributed by atoms with van der Waals surface area (Å²) in [4.78, 5) is 32.3. The second kappa shape index (κ2) is 6.76. The number of nitrogens with zero attached hydrogens (tertiary/aromatic N) is 2. The molecule has 2 aliphatic heterocycles. The van der Waals surface area contributed by atoms with E-state index in [-0.39, 0.29) is 23.7 Å². The standard InChI is InChI=1S/C20H26N4O2/c1-23-8-5-13(6-9-23)16-11-24(12-17(16)19(21)25)20(26)15-2-3-18-14(10-15)4-7-22-18/h2-4,7,10,13,16-17,22H,5-6,8-9,11-12H2,1H3,(H2,21,25). The van der Waals surface area contributed by atoms with Gasteiger partial charge in [0.25, 0.3) is 5.91 Å². The molecule has 138 valence electrons. The van der Waals surface area contributed by atoms with E-state index in [2.05, 4.69) is 16.9 Å². The highest BCUT2D eigenvalue weighted by Crippen LogP contribution is 2.36. The molecular weight excluding hydrogens is 328 g/mol. The van der Waals surface area contributed by atoms with Gasteiger partial charge in [0.05, 0.1) is 5.92 Å². The third-order valence-electron chi connectivity index (χ3n) is 6.19. The summed E-state index contributed by atoms with van der Waals surface area (Å²) >= 11 is 0. The van der Waals surface area contributed by atoms with Crippen molar-refractivity contribution >= 4 is 22.7 Å². The Morgan fingerprint density at radius 1 is 1.15 bits per heavy atom. The lowest BCUT2D eigenvalue weighted by Gasteiger charge is -2.34. The van der Waals surface area contributed by atoms with Crippen molar-refractivity contribution in [3.05, 3.63) is 36.0 Å². The number of likely N-dealkylation sites (tertiary alicyclic amines) is 2. The number of nitrogens with two attached hydrogens (primary N) is 1. The van der Waals surface area contributed by atoms with Crippen LogP contribution in [-0.4, -0.2) is 59.8 Å². The first-order valence-electron chi connectivity index (χ1n) is 9.37. The number of amides is 2. The first kappa shape index (κ1) is 17.1. The fraction of sp³-hybridized carbons (Fsp3) is 0.500. The summed E-state index contributed by atoms with van der Waals surface area (Å²) in [6.45, 7) is 3.16. The first-order chi connectivity index (χ1) is 12.5. The number of piperidine rings is 1. The molecular formula is C20H26N4O2. The molecule has 4 rings (SSSR count). The van der Waals surface area contributed by atoms with Gasteiger partial charge in [-0.15, -0.1) is 0 Å². The van der Waals surface area contributed by atoms with Crippen LogP contribution in [0.25, 0.3) is 10.9 Å². The van der Waals surface area contributed by atoms with Gasteiger partial charge >= 0.3 is 0 Å². The zero-order valence-electron chi connectivity index (χ0n) is 15.1. The van der Waals surface area contributed by atoms with Gasteiger partial charge in [-0.2, -0.15) is 0 Å². The van der Waals surface area contributed by atoms with Gasteiger partial charge in [-0.05, 0) is 69.1 Å². The molecule has 2 fully saturated rings.